The highest BCUT2D eigenvalue weighted by molar-refractivity contribution is 9.09. The second-order valence-electron chi connectivity index (χ2n) is 5.50. The lowest BCUT2D eigenvalue weighted by Crippen LogP contribution is -2.45. The van der Waals surface area contributed by atoms with Crippen LogP contribution in [0.5, 0.6) is 0 Å². The maximum absolute atomic E-state index is 9.55. The molecule has 2 nitrogen and oxygen atoms in total. The Bertz CT molecular complexity index is 198. The highest BCUT2D eigenvalue weighted by Crippen LogP contribution is 2.32. The highest BCUT2D eigenvalue weighted by atomic mass is 79.9. The summed E-state index contributed by atoms with van der Waals surface area (Å²) in [5, 5.41) is 10.6. The molecule has 0 aliphatic carbocycles. The summed E-state index contributed by atoms with van der Waals surface area (Å²) in [6, 6.07) is 0.397. The van der Waals surface area contributed by atoms with Gasteiger partial charge >= 0.3 is 0 Å². The van der Waals surface area contributed by atoms with Gasteiger partial charge in [0.1, 0.15) is 0 Å². The van der Waals surface area contributed by atoms with Crippen molar-refractivity contribution in [3.05, 3.63) is 0 Å². The van der Waals surface area contributed by atoms with E-state index in [0.717, 1.165) is 11.9 Å². The smallest absolute Gasteiger partial charge is 0.0586 e. The molecule has 1 rings (SSSR count). The number of aliphatic hydroxyl groups is 1. The fourth-order valence-electron chi connectivity index (χ4n) is 2.79. The third kappa shape index (κ3) is 4.22. The Morgan fingerprint density at radius 2 is 1.94 bits per heavy atom. The standard InChI is InChI=1S/C14H28BrNO/c1-3-14(4-2,11-15)12-16-9-7-5-6-8-13(16)10-17/h13,17H,3-12H2,1-2H3. The third-order valence-corrected chi connectivity index (χ3v) is 5.72. The number of hydrogen-bond donors (Lipinski definition) is 1. The van der Waals surface area contributed by atoms with Crippen LogP contribution in [0.2, 0.25) is 0 Å². The van der Waals surface area contributed by atoms with Crippen molar-refractivity contribution in [2.24, 2.45) is 5.41 Å². The van der Waals surface area contributed by atoms with E-state index in [2.05, 4.69) is 34.7 Å². The molecular formula is C14H28BrNO. The SMILES string of the molecule is CCC(CC)(CBr)CN1CCCCCC1CO. The lowest BCUT2D eigenvalue weighted by molar-refractivity contribution is 0.0790. The van der Waals surface area contributed by atoms with Crippen molar-refractivity contribution in [1.29, 1.82) is 0 Å². The maximum Gasteiger partial charge on any atom is 0.0586 e. The van der Waals surface area contributed by atoms with E-state index in [4.69, 9.17) is 0 Å². The van der Waals surface area contributed by atoms with Crippen LogP contribution in [0.4, 0.5) is 0 Å². The summed E-state index contributed by atoms with van der Waals surface area (Å²) in [4.78, 5) is 2.54. The first kappa shape index (κ1) is 15.5. The molecule has 17 heavy (non-hydrogen) atoms. The Morgan fingerprint density at radius 3 is 2.47 bits per heavy atom. The second kappa shape index (κ2) is 7.75. The van der Waals surface area contributed by atoms with Crippen LogP contribution in [0, 0.1) is 5.41 Å². The van der Waals surface area contributed by atoms with Gasteiger partial charge in [0.2, 0.25) is 0 Å². The number of aliphatic hydroxyl groups excluding tert-OH is 1. The predicted molar refractivity (Wildman–Crippen MR) is 77.7 cm³/mol. The molecule has 102 valence electrons. The predicted octanol–water partition coefficient (Wildman–Crippen LogP) is 3.42. The number of nitrogens with zero attached hydrogens (tertiary/aromatic N) is 1. The topological polar surface area (TPSA) is 23.5 Å². The molecule has 1 saturated heterocycles. The number of alkyl halides is 1. The van der Waals surface area contributed by atoms with E-state index in [1.54, 1.807) is 0 Å². The summed E-state index contributed by atoms with van der Waals surface area (Å²) < 4.78 is 0. The Hall–Kier alpha value is 0.400. The zero-order valence-electron chi connectivity index (χ0n) is 11.4. The molecule has 0 saturated carbocycles. The molecule has 1 fully saturated rings. The number of hydrogen-bond acceptors (Lipinski definition) is 2. The van der Waals surface area contributed by atoms with Crippen molar-refractivity contribution >= 4 is 15.9 Å². The van der Waals surface area contributed by atoms with E-state index < -0.39 is 0 Å². The first-order valence-electron chi connectivity index (χ1n) is 7.12. The van der Waals surface area contributed by atoms with Crippen molar-refractivity contribution in [3.8, 4) is 0 Å². The Kier molecular flexibility index (Phi) is 7.05. The largest absolute Gasteiger partial charge is 0.395 e. The first-order valence-corrected chi connectivity index (χ1v) is 8.24. The third-order valence-electron chi connectivity index (χ3n) is 4.53. The molecule has 1 N–H and O–H groups in total. The minimum Gasteiger partial charge on any atom is -0.395 e. The summed E-state index contributed by atoms with van der Waals surface area (Å²) in [5.41, 5.74) is 0.387. The van der Waals surface area contributed by atoms with Gasteiger partial charge in [-0.2, -0.15) is 0 Å². The number of halogens is 1. The Morgan fingerprint density at radius 1 is 1.24 bits per heavy atom. The average Bonchev–Trinajstić information content (AvgIpc) is 2.61. The molecule has 1 aliphatic heterocycles. The molecular weight excluding hydrogens is 278 g/mol. The van der Waals surface area contributed by atoms with Crippen molar-refractivity contribution in [2.45, 2.75) is 58.4 Å². The fraction of sp³-hybridized carbons (Fsp3) is 1.00. The van der Waals surface area contributed by atoms with E-state index in [-0.39, 0.29) is 0 Å². The van der Waals surface area contributed by atoms with Crippen LogP contribution in [0.1, 0.15) is 52.4 Å². The summed E-state index contributed by atoms with van der Waals surface area (Å²) >= 11 is 3.69. The van der Waals surface area contributed by atoms with Gasteiger partial charge in [-0.1, -0.05) is 42.6 Å². The van der Waals surface area contributed by atoms with Crippen LogP contribution >= 0.6 is 15.9 Å². The zero-order chi connectivity index (χ0) is 12.7. The van der Waals surface area contributed by atoms with Gasteiger partial charge in [-0.3, -0.25) is 4.90 Å². The van der Waals surface area contributed by atoms with Gasteiger partial charge in [-0.15, -0.1) is 0 Å². The van der Waals surface area contributed by atoms with Crippen molar-refractivity contribution in [3.63, 3.8) is 0 Å². The van der Waals surface area contributed by atoms with Crippen LogP contribution in [-0.2, 0) is 0 Å². The molecule has 0 radical (unpaired) electrons. The highest BCUT2D eigenvalue weighted by Gasteiger charge is 2.31. The second-order valence-corrected chi connectivity index (χ2v) is 6.06. The minimum atomic E-state index is 0.325. The summed E-state index contributed by atoms with van der Waals surface area (Å²) in [6.45, 7) is 7.20. The first-order chi connectivity index (χ1) is 8.21. The molecule has 1 aliphatic rings. The lowest BCUT2D eigenvalue weighted by Gasteiger charge is -2.39. The monoisotopic (exact) mass is 305 g/mol. The van der Waals surface area contributed by atoms with Crippen molar-refractivity contribution in [2.75, 3.05) is 25.0 Å². The van der Waals surface area contributed by atoms with Gasteiger partial charge in [0, 0.05) is 17.9 Å². The van der Waals surface area contributed by atoms with Gasteiger partial charge in [-0.25, -0.2) is 0 Å². The maximum atomic E-state index is 9.55. The van der Waals surface area contributed by atoms with Crippen molar-refractivity contribution in [1.82, 2.24) is 4.90 Å². The van der Waals surface area contributed by atoms with Gasteiger partial charge in [0.05, 0.1) is 6.61 Å². The summed E-state index contributed by atoms with van der Waals surface area (Å²) in [5.74, 6) is 0. The van der Waals surface area contributed by atoms with Crippen LogP contribution in [0.25, 0.3) is 0 Å². The van der Waals surface area contributed by atoms with E-state index in [1.807, 2.05) is 0 Å². The van der Waals surface area contributed by atoms with Crippen LogP contribution < -0.4 is 0 Å². The Labute approximate surface area is 115 Å². The molecule has 0 aromatic rings. The fourth-order valence-corrected chi connectivity index (χ4v) is 3.76. The zero-order valence-corrected chi connectivity index (χ0v) is 13.0. The Balaban J connectivity index is 2.67. The van der Waals surface area contributed by atoms with Crippen LogP contribution in [0.3, 0.4) is 0 Å². The van der Waals surface area contributed by atoms with E-state index in [0.29, 0.717) is 18.1 Å². The lowest BCUT2D eigenvalue weighted by atomic mass is 9.83. The molecule has 1 atom stereocenters. The molecule has 0 bridgehead atoms. The molecule has 0 aromatic heterocycles. The normalized spacial score (nSPS) is 23.6. The van der Waals surface area contributed by atoms with E-state index in [9.17, 15) is 5.11 Å². The molecule has 0 spiro atoms. The van der Waals surface area contributed by atoms with Crippen molar-refractivity contribution < 1.29 is 5.11 Å². The van der Waals surface area contributed by atoms with Gasteiger partial charge < -0.3 is 5.11 Å². The van der Waals surface area contributed by atoms with Crippen LogP contribution in [-0.4, -0.2) is 41.1 Å². The van der Waals surface area contributed by atoms with Gasteiger partial charge in [-0.05, 0) is 37.6 Å². The van der Waals surface area contributed by atoms with E-state index >= 15 is 0 Å². The van der Waals surface area contributed by atoms with Gasteiger partial charge in [0.25, 0.3) is 0 Å². The summed E-state index contributed by atoms with van der Waals surface area (Å²) in [6.07, 6.45) is 7.49. The quantitative estimate of drug-likeness (QED) is 0.760. The molecule has 0 amide bonds. The minimum absolute atomic E-state index is 0.325. The average molecular weight is 306 g/mol. The molecule has 1 heterocycles. The van der Waals surface area contributed by atoms with Gasteiger partial charge in [0.15, 0.2) is 0 Å². The molecule has 0 aromatic carbocycles. The molecule has 1 unspecified atom stereocenters. The molecule has 3 heteroatoms. The number of likely N-dealkylation sites (tertiary alicyclic amines) is 1. The van der Waals surface area contributed by atoms with E-state index in [1.165, 1.54) is 45.1 Å². The number of rotatable bonds is 6. The van der Waals surface area contributed by atoms with Crippen LogP contribution in [0.15, 0.2) is 0 Å². The summed E-state index contributed by atoms with van der Waals surface area (Å²) in [7, 11) is 0.